The minimum absolute atomic E-state index is 0.179. The molecule has 0 bridgehead atoms. The number of amides is 1. The normalized spacial score (nSPS) is 16.0. The van der Waals surface area contributed by atoms with Crippen LogP contribution >= 0.6 is 24.0 Å². The molecule has 25 heavy (non-hydrogen) atoms. The Morgan fingerprint density at radius 1 is 1.04 bits per heavy atom. The lowest BCUT2D eigenvalue weighted by atomic mass is 10.1. The first-order valence-electron chi connectivity index (χ1n) is 7.49. The van der Waals surface area contributed by atoms with E-state index < -0.39 is 0 Å². The van der Waals surface area contributed by atoms with Crippen LogP contribution in [0, 0.1) is 0 Å². The van der Waals surface area contributed by atoms with Gasteiger partial charge in [0.05, 0.1) is 4.91 Å². The number of benzene rings is 2. The fraction of sp³-hybridized carbons (Fsp3) is 0.111. The molecule has 0 aliphatic carbocycles. The smallest absolute Gasteiger partial charge is 0.266 e. The molecule has 1 aliphatic heterocycles. The summed E-state index contributed by atoms with van der Waals surface area (Å²) >= 11 is 6.50. The van der Waals surface area contributed by atoms with Crippen molar-refractivity contribution in [2.45, 2.75) is 6.42 Å². The van der Waals surface area contributed by atoms with Gasteiger partial charge in [0, 0.05) is 6.54 Å². The summed E-state index contributed by atoms with van der Waals surface area (Å²) in [6, 6.07) is 11.2. The first-order valence-corrected chi connectivity index (χ1v) is 8.72. The molecule has 0 spiro atoms. The number of aromatic hydroxyl groups is 3. The van der Waals surface area contributed by atoms with Crippen LogP contribution in [0.15, 0.2) is 47.4 Å². The number of rotatable bonds is 4. The predicted octanol–water partition coefficient (Wildman–Crippen LogP) is 3.25. The molecule has 2 aromatic carbocycles. The highest BCUT2D eigenvalue weighted by molar-refractivity contribution is 8.26. The van der Waals surface area contributed by atoms with Crippen molar-refractivity contribution >= 4 is 40.3 Å². The Balaban J connectivity index is 1.72. The van der Waals surface area contributed by atoms with Crippen molar-refractivity contribution in [1.82, 2.24) is 4.90 Å². The van der Waals surface area contributed by atoms with Crippen molar-refractivity contribution in [3.63, 3.8) is 0 Å². The Morgan fingerprint density at radius 2 is 1.76 bits per heavy atom. The van der Waals surface area contributed by atoms with Crippen LogP contribution in [0.25, 0.3) is 6.08 Å². The van der Waals surface area contributed by atoms with Crippen molar-refractivity contribution in [1.29, 1.82) is 0 Å². The zero-order valence-corrected chi connectivity index (χ0v) is 14.7. The molecule has 0 saturated carbocycles. The molecule has 1 saturated heterocycles. The van der Waals surface area contributed by atoms with E-state index in [0.717, 1.165) is 5.56 Å². The van der Waals surface area contributed by atoms with E-state index in [0.29, 0.717) is 27.8 Å². The van der Waals surface area contributed by atoms with Crippen LogP contribution in [-0.4, -0.2) is 37.0 Å². The number of phenols is 3. The molecular formula is C18H15NO4S2. The van der Waals surface area contributed by atoms with Crippen LogP contribution in [0.5, 0.6) is 17.2 Å². The Morgan fingerprint density at radius 3 is 2.44 bits per heavy atom. The zero-order valence-electron chi connectivity index (χ0n) is 13.0. The van der Waals surface area contributed by atoms with Crippen molar-refractivity contribution in [2.24, 2.45) is 0 Å². The van der Waals surface area contributed by atoms with Crippen LogP contribution in [0.2, 0.25) is 0 Å². The molecule has 128 valence electrons. The molecule has 1 heterocycles. The SMILES string of the molecule is O=C1/C(=C/c2ccc(O)c(O)c2)SC(=S)N1CCc1ccc(O)cc1. The third-order valence-corrected chi connectivity index (χ3v) is 5.11. The van der Waals surface area contributed by atoms with Gasteiger partial charge < -0.3 is 15.3 Å². The average Bonchev–Trinajstić information content (AvgIpc) is 2.84. The van der Waals surface area contributed by atoms with E-state index in [1.54, 1.807) is 29.2 Å². The average molecular weight is 373 g/mol. The topological polar surface area (TPSA) is 81.0 Å². The highest BCUT2D eigenvalue weighted by atomic mass is 32.2. The highest BCUT2D eigenvalue weighted by Crippen LogP contribution is 2.34. The molecule has 1 amide bonds. The van der Waals surface area contributed by atoms with E-state index in [9.17, 15) is 20.1 Å². The molecule has 1 fully saturated rings. The van der Waals surface area contributed by atoms with E-state index in [-0.39, 0.29) is 23.2 Å². The predicted molar refractivity (Wildman–Crippen MR) is 101 cm³/mol. The molecule has 5 nitrogen and oxygen atoms in total. The maximum atomic E-state index is 12.5. The number of thioether (sulfide) groups is 1. The fourth-order valence-corrected chi connectivity index (χ4v) is 3.69. The molecule has 3 N–H and O–H groups in total. The van der Waals surface area contributed by atoms with Crippen molar-refractivity contribution in [3.05, 3.63) is 58.5 Å². The largest absolute Gasteiger partial charge is 0.508 e. The molecule has 1 aliphatic rings. The summed E-state index contributed by atoms with van der Waals surface area (Å²) in [6.45, 7) is 0.452. The standard InChI is InChI=1S/C18H15NO4S2/c20-13-4-1-11(2-5-13)7-8-19-17(23)16(25-18(19)24)10-12-3-6-14(21)15(22)9-12/h1-6,9-10,20-22H,7-8H2/b16-10-. The lowest BCUT2D eigenvalue weighted by Gasteiger charge is -2.14. The van der Waals surface area contributed by atoms with Crippen LogP contribution in [0.4, 0.5) is 0 Å². The quantitative estimate of drug-likeness (QED) is 0.434. The van der Waals surface area contributed by atoms with Crippen LogP contribution in [0.1, 0.15) is 11.1 Å². The van der Waals surface area contributed by atoms with Gasteiger partial charge in [-0.2, -0.15) is 0 Å². The third-order valence-electron chi connectivity index (χ3n) is 3.73. The monoisotopic (exact) mass is 373 g/mol. The van der Waals surface area contributed by atoms with E-state index in [4.69, 9.17) is 12.2 Å². The second-order valence-electron chi connectivity index (χ2n) is 5.50. The summed E-state index contributed by atoms with van der Waals surface area (Å²) in [7, 11) is 0. The Hall–Kier alpha value is -2.51. The number of carbonyl (C=O) groups is 1. The van der Waals surface area contributed by atoms with E-state index >= 15 is 0 Å². The second kappa shape index (κ2) is 7.16. The molecule has 0 unspecified atom stereocenters. The number of hydrogen-bond donors (Lipinski definition) is 3. The first kappa shape index (κ1) is 17.3. The van der Waals surface area contributed by atoms with Gasteiger partial charge in [0.1, 0.15) is 10.1 Å². The van der Waals surface area contributed by atoms with Gasteiger partial charge in [-0.05, 0) is 47.9 Å². The Kier molecular flexibility index (Phi) is 4.96. The second-order valence-corrected chi connectivity index (χ2v) is 7.17. The molecule has 0 aromatic heterocycles. The number of hydrogen-bond acceptors (Lipinski definition) is 6. The summed E-state index contributed by atoms with van der Waals surface area (Å²) in [5.74, 6) is -0.425. The van der Waals surface area contributed by atoms with E-state index in [1.807, 2.05) is 12.1 Å². The molecule has 0 atom stereocenters. The third kappa shape index (κ3) is 3.94. The van der Waals surface area contributed by atoms with Crippen molar-refractivity contribution in [2.75, 3.05) is 6.54 Å². The molecule has 2 aromatic rings. The zero-order chi connectivity index (χ0) is 18.0. The summed E-state index contributed by atoms with van der Waals surface area (Å²) in [5, 5.41) is 28.2. The van der Waals surface area contributed by atoms with E-state index in [1.165, 1.54) is 23.9 Å². The Bertz CT molecular complexity index is 862. The summed E-state index contributed by atoms with van der Waals surface area (Å²) < 4.78 is 0.484. The van der Waals surface area contributed by atoms with Crippen LogP contribution < -0.4 is 0 Å². The molecule has 3 rings (SSSR count). The van der Waals surface area contributed by atoms with E-state index in [2.05, 4.69) is 0 Å². The lowest BCUT2D eigenvalue weighted by Crippen LogP contribution is -2.30. The molecule has 7 heteroatoms. The summed E-state index contributed by atoms with van der Waals surface area (Å²) in [4.78, 5) is 14.6. The minimum Gasteiger partial charge on any atom is -0.508 e. The number of carbonyl (C=O) groups excluding carboxylic acids is 1. The van der Waals surface area contributed by atoms with Gasteiger partial charge in [-0.15, -0.1) is 0 Å². The van der Waals surface area contributed by atoms with Gasteiger partial charge >= 0.3 is 0 Å². The highest BCUT2D eigenvalue weighted by Gasteiger charge is 2.31. The van der Waals surface area contributed by atoms with Gasteiger partial charge in [-0.25, -0.2) is 0 Å². The lowest BCUT2D eigenvalue weighted by molar-refractivity contribution is -0.122. The fourth-order valence-electron chi connectivity index (χ4n) is 2.38. The van der Waals surface area contributed by atoms with Crippen LogP contribution in [0.3, 0.4) is 0 Å². The maximum Gasteiger partial charge on any atom is 0.266 e. The van der Waals surface area contributed by atoms with Crippen molar-refractivity contribution in [3.8, 4) is 17.2 Å². The van der Waals surface area contributed by atoms with Gasteiger partial charge in [0.25, 0.3) is 5.91 Å². The van der Waals surface area contributed by atoms with Gasteiger partial charge in [-0.3, -0.25) is 9.69 Å². The Labute approximate surface area is 154 Å². The summed E-state index contributed by atoms with van der Waals surface area (Å²) in [5.41, 5.74) is 1.61. The minimum atomic E-state index is -0.239. The number of nitrogens with zero attached hydrogens (tertiary/aromatic N) is 1. The maximum absolute atomic E-state index is 12.5. The number of phenolic OH excluding ortho intramolecular Hbond substituents is 3. The van der Waals surface area contributed by atoms with Crippen molar-refractivity contribution < 1.29 is 20.1 Å². The van der Waals surface area contributed by atoms with Gasteiger partial charge in [-0.1, -0.05) is 42.2 Å². The number of thiocarbonyl (C=S) groups is 1. The van der Waals surface area contributed by atoms with Gasteiger partial charge in [0.2, 0.25) is 0 Å². The first-order chi connectivity index (χ1) is 11.9. The molecular weight excluding hydrogens is 358 g/mol. The van der Waals surface area contributed by atoms with Crippen LogP contribution in [-0.2, 0) is 11.2 Å². The summed E-state index contributed by atoms with van der Waals surface area (Å²) in [6.07, 6.45) is 2.26. The van der Waals surface area contributed by atoms with Gasteiger partial charge in [0.15, 0.2) is 11.5 Å². The molecule has 0 radical (unpaired) electrons.